The molecular weight excluding hydrogens is 550 g/mol. The van der Waals surface area contributed by atoms with Gasteiger partial charge < -0.3 is 14.5 Å². The average Bonchev–Trinajstić information content (AvgIpc) is 3.10. The lowest BCUT2D eigenvalue weighted by atomic mass is 9.74. The number of amides is 2. The normalized spacial score (nSPS) is 16.1. The van der Waals surface area contributed by atoms with Crippen LogP contribution < -0.4 is 4.74 Å². The maximum atomic E-state index is 13.9. The first-order valence-electron chi connectivity index (χ1n) is 15.1. The van der Waals surface area contributed by atoms with Gasteiger partial charge in [-0.25, -0.2) is 9.83 Å². The van der Waals surface area contributed by atoms with Crippen molar-refractivity contribution in [2.24, 2.45) is 0 Å². The minimum absolute atomic E-state index is 0.107. The number of benzene rings is 3. The van der Waals surface area contributed by atoms with Gasteiger partial charge in [-0.05, 0) is 67.5 Å². The second-order valence-corrected chi connectivity index (χ2v) is 11.5. The van der Waals surface area contributed by atoms with Crippen LogP contribution in [0.2, 0.25) is 0 Å². The number of pyridine rings is 1. The highest BCUT2D eigenvalue weighted by molar-refractivity contribution is 6.09. The Balaban J connectivity index is 1.27. The lowest BCUT2D eigenvalue weighted by molar-refractivity contribution is 0.0686. The molecule has 0 aliphatic carbocycles. The molecule has 0 spiro atoms. The Labute approximate surface area is 257 Å². The van der Waals surface area contributed by atoms with E-state index < -0.39 is 5.41 Å². The number of aromatic nitrogens is 1. The van der Waals surface area contributed by atoms with Gasteiger partial charge >= 0.3 is 0 Å². The van der Waals surface area contributed by atoms with E-state index in [4.69, 9.17) is 16.3 Å². The minimum Gasteiger partial charge on any atom is -0.489 e. The van der Waals surface area contributed by atoms with Crippen LogP contribution in [-0.2, 0) is 12.0 Å². The lowest BCUT2D eigenvalue weighted by Crippen LogP contribution is -2.45. The van der Waals surface area contributed by atoms with Crippen LogP contribution in [0, 0.1) is 17.9 Å². The molecule has 8 heteroatoms. The van der Waals surface area contributed by atoms with E-state index in [1.54, 1.807) is 35.2 Å². The molecular formula is C36H33N5O3. The molecule has 8 nitrogen and oxygen atoms in total. The number of carbonyl (C=O) groups excluding carboxylic acids is 2. The number of nitriles is 1. The Morgan fingerprint density at radius 1 is 0.886 bits per heavy atom. The summed E-state index contributed by atoms with van der Waals surface area (Å²) in [7, 11) is 0. The van der Waals surface area contributed by atoms with Crippen LogP contribution in [0.5, 0.6) is 5.75 Å². The van der Waals surface area contributed by atoms with Crippen molar-refractivity contribution in [2.75, 3.05) is 26.2 Å². The van der Waals surface area contributed by atoms with Gasteiger partial charge in [-0.3, -0.25) is 9.59 Å². The summed E-state index contributed by atoms with van der Waals surface area (Å²) in [6.45, 7) is 9.68. The fourth-order valence-corrected chi connectivity index (χ4v) is 6.16. The zero-order valence-electron chi connectivity index (χ0n) is 24.5. The van der Waals surface area contributed by atoms with Crippen molar-refractivity contribution in [2.45, 2.75) is 44.1 Å². The van der Waals surface area contributed by atoms with Crippen LogP contribution in [0.4, 0.5) is 5.69 Å². The molecule has 0 unspecified atom stereocenters. The first-order chi connectivity index (χ1) is 21.5. The predicted molar refractivity (Wildman–Crippen MR) is 167 cm³/mol. The number of likely N-dealkylation sites (tertiary alicyclic amines) is 2. The molecule has 6 rings (SSSR count). The Morgan fingerprint density at radius 3 is 2.27 bits per heavy atom. The monoisotopic (exact) mass is 583 g/mol. The molecule has 0 N–H and O–H groups in total. The molecule has 0 bridgehead atoms. The molecule has 2 saturated heterocycles. The number of ether oxygens (including phenoxy) is 1. The van der Waals surface area contributed by atoms with Crippen molar-refractivity contribution in [3.63, 3.8) is 0 Å². The van der Waals surface area contributed by atoms with E-state index in [1.807, 2.05) is 53.4 Å². The maximum Gasteiger partial charge on any atom is 0.272 e. The lowest BCUT2D eigenvalue weighted by Gasteiger charge is -2.37. The Bertz CT molecular complexity index is 1760. The molecule has 0 radical (unpaired) electrons. The van der Waals surface area contributed by atoms with Crippen molar-refractivity contribution in [1.29, 1.82) is 5.26 Å². The van der Waals surface area contributed by atoms with Gasteiger partial charge in [0.1, 0.15) is 18.1 Å². The highest BCUT2D eigenvalue weighted by Gasteiger charge is 2.38. The molecule has 3 heterocycles. The predicted octanol–water partition coefficient (Wildman–Crippen LogP) is 6.69. The molecule has 2 fully saturated rings. The molecule has 2 aliphatic rings. The quantitative estimate of drug-likeness (QED) is 0.236. The molecule has 2 amide bonds. The Kier molecular flexibility index (Phi) is 8.25. The fourth-order valence-electron chi connectivity index (χ4n) is 6.16. The summed E-state index contributed by atoms with van der Waals surface area (Å²) in [5.41, 5.74) is 3.08. The number of piperidine rings is 2. The van der Waals surface area contributed by atoms with Crippen LogP contribution in [0.25, 0.3) is 15.7 Å². The molecule has 1 aromatic heterocycles. The third-order valence-corrected chi connectivity index (χ3v) is 8.79. The van der Waals surface area contributed by atoms with E-state index in [-0.39, 0.29) is 17.5 Å². The molecule has 0 atom stereocenters. The van der Waals surface area contributed by atoms with Gasteiger partial charge in [-0.1, -0.05) is 54.6 Å². The van der Waals surface area contributed by atoms with E-state index >= 15 is 0 Å². The van der Waals surface area contributed by atoms with Crippen molar-refractivity contribution in [3.05, 3.63) is 113 Å². The molecule has 0 saturated carbocycles. The van der Waals surface area contributed by atoms with E-state index in [1.165, 1.54) is 0 Å². The van der Waals surface area contributed by atoms with Gasteiger partial charge in [-0.2, -0.15) is 5.26 Å². The number of fused-ring (bicyclic) bond motifs is 1. The standard InChI is InChI=1S/C36H33N5O3/c1-38-28-12-10-26(11-13-28)24-44-29-14-15-32-30(22-29)31(34(42)40-18-6-3-7-19-40)23-33(39-32)35(43)41-20-16-36(25-37,17-21-41)27-8-4-2-5-9-27/h2,4-5,8-15,22-23H,3,6-7,16-21,24H2. The van der Waals surface area contributed by atoms with Gasteiger partial charge in [0.2, 0.25) is 0 Å². The second kappa shape index (κ2) is 12.6. The Morgan fingerprint density at radius 2 is 1.59 bits per heavy atom. The largest absolute Gasteiger partial charge is 0.489 e. The maximum absolute atomic E-state index is 13.9. The van der Waals surface area contributed by atoms with Crippen molar-refractivity contribution >= 4 is 28.4 Å². The SMILES string of the molecule is [C-]#[N+]c1ccc(COc2ccc3nc(C(=O)N4CCC(C#N)(c5ccccc5)CC4)cc(C(=O)N4CCCCC4)c3c2)cc1. The third-order valence-electron chi connectivity index (χ3n) is 8.79. The summed E-state index contributed by atoms with van der Waals surface area (Å²) in [6, 6.07) is 26.6. The van der Waals surface area contributed by atoms with Crippen LogP contribution in [0.1, 0.15) is 64.1 Å². The number of nitrogens with zero attached hydrogens (tertiary/aromatic N) is 5. The second-order valence-electron chi connectivity index (χ2n) is 11.5. The van der Waals surface area contributed by atoms with Crippen LogP contribution in [0.3, 0.4) is 0 Å². The number of rotatable bonds is 6. The molecule has 4 aromatic rings. The number of hydrogen-bond acceptors (Lipinski definition) is 5. The van der Waals surface area contributed by atoms with E-state index in [0.717, 1.165) is 30.4 Å². The van der Waals surface area contributed by atoms with E-state index in [9.17, 15) is 14.9 Å². The van der Waals surface area contributed by atoms with Gasteiger partial charge in [0, 0.05) is 31.6 Å². The first kappa shape index (κ1) is 28.9. The fraction of sp³-hybridized carbons (Fsp3) is 0.306. The third kappa shape index (κ3) is 5.85. The van der Waals surface area contributed by atoms with Crippen molar-refractivity contribution in [1.82, 2.24) is 14.8 Å². The molecule has 2 aliphatic heterocycles. The number of hydrogen-bond donors (Lipinski definition) is 0. The van der Waals surface area contributed by atoms with E-state index in [0.29, 0.717) is 73.5 Å². The summed E-state index contributed by atoms with van der Waals surface area (Å²) in [6.07, 6.45) is 4.08. The zero-order valence-corrected chi connectivity index (χ0v) is 24.5. The first-order valence-corrected chi connectivity index (χ1v) is 15.1. The summed E-state index contributed by atoms with van der Waals surface area (Å²) in [5, 5.41) is 10.7. The summed E-state index contributed by atoms with van der Waals surface area (Å²) in [5.74, 6) is 0.247. The average molecular weight is 584 g/mol. The van der Waals surface area contributed by atoms with Crippen LogP contribution in [-0.4, -0.2) is 52.8 Å². The molecule has 220 valence electrons. The highest BCUT2D eigenvalue weighted by atomic mass is 16.5. The smallest absolute Gasteiger partial charge is 0.272 e. The Hall–Kier alpha value is -5.21. The van der Waals surface area contributed by atoms with Gasteiger partial charge in [-0.15, -0.1) is 0 Å². The highest BCUT2D eigenvalue weighted by Crippen LogP contribution is 2.35. The van der Waals surface area contributed by atoms with Gasteiger partial charge in [0.25, 0.3) is 11.8 Å². The van der Waals surface area contributed by atoms with Gasteiger partial charge in [0.15, 0.2) is 5.69 Å². The summed E-state index contributed by atoms with van der Waals surface area (Å²) < 4.78 is 6.06. The van der Waals surface area contributed by atoms with Crippen LogP contribution >= 0.6 is 0 Å². The zero-order chi connectivity index (χ0) is 30.5. The van der Waals surface area contributed by atoms with E-state index in [2.05, 4.69) is 10.9 Å². The summed E-state index contributed by atoms with van der Waals surface area (Å²) >= 11 is 0. The van der Waals surface area contributed by atoms with Crippen molar-refractivity contribution in [3.8, 4) is 11.8 Å². The summed E-state index contributed by atoms with van der Waals surface area (Å²) in [4.78, 5) is 39.4. The van der Waals surface area contributed by atoms with Gasteiger partial charge in [0.05, 0.1) is 29.1 Å². The molecule has 3 aromatic carbocycles. The number of carbonyl (C=O) groups is 2. The topological polar surface area (TPSA) is 90.9 Å². The molecule has 44 heavy (non-hydrogen) atoms. The minimum atomic E-state index is -0.625. The van der Waals surface area contributed by atoms with Crippen LogP contribution in [0.15, 0.2) is 78.9 Å². The van der Waals surface area contributed by atoms with Crippen molar-refractivity contribution < 1.29 is 14.3 Å².